The second-order valence-electron chi connectivity index (χ2n) is 15.9. The lowest BCUT2D eigenvalue weighted by Gasteiger charge is -2.29. The van der Waals surface area contributed by atoms with E-state index in [1.807, 2.05) is 0 Å². The summed E-state index contributed by atoms with van der Waals surface area (Å²) >= 11 is 0. The molecule has 0 spiro atoms. The molecule has 0 radical (unpaired) electrons. The highest BCUT2D eigenvalue weighted by atomic mass is 15.2. The molecule has 1 aromatic heterocycles. The molecule has 0 aliphatic heterocycles. The Morgan fingerprint density at radius 3 is 1.08 bits per heavy atom. The summed E-state index contributed by atoms with van der Waals surface area (Å²) in [7, 11) is 0. The molecule has 12 aromatic rings. The molecule has 3 nitrogen and oxygen atoms in total. The van der Waals surface area contributed by atoms with Crippen molar-refractivity contribution in [3.63, 3.8) is 0 Å². The molecule has 0 unspecified atom stereocenters. The second-order valence-corrected chi connectivity index (χ2v) is 15.9. The Morgan fingerprint density at radius 2 is 0.629 bits per heavy atom. The lowest BCUT2D eigenvalue weighted by molar-refractivity contribution is 1.31. The monoisotopic (exact) mass is 789 g/mol. The maximum atomic E-state index is 5.63. The van der Waals surface area contributed by atoms with E-state index in [-0.39, 0.29) is 0 Å². The van der Waals surface area contributed by atoms with Crippen molar-refractivity contribution < 1.29 is 0 Å². The van der Waals surface area contributed by atoms with Crippen LogP contribution in [0.25, 0.3) is 76.0 Å². The van der Waals surface area contributed by atoms with E-state index >= 15 is 0 Å². The van der Waals surface area contributed by atoms with Crippen LogP contribution in [0.3, 0.4) is 0 Å². The fourth-order valence-corrected chi connectivity index (χ4v) is 9.51. The Balaban J connectivity index is 1.11. The van der Waals surface area contributed by atoms with Crippen molar-refractivity contribution in [3.05, 3.63) is 237 Å². The van der Waals surface area contributed by atoms with E-state index in [4.69, 9.17) is 4.98 Å². The van der Waals surface area contributed by atoms with Gasteiger partial charge in [0.1, 0.15) is 0 Å². The minimum atomic E-state index is 0.937. The van der Waals surface area contributed by atoms with Gasteiger partial charge >= 0.3 is 0 Å². The van der Waals surface area contributed by atoms with Crippen molar-refractivity contribution in [1.82, 2.24) is 4.98 Å². The van der Waals surface area contributed by atoms with Crippen molar-refractivity contribution in [3.8, 4) is 11.3 Å². The summed E-state index contributed by atoms with van der Waals surface area (Å²) in [5, 5.41) is 12.9. The Kier molecular flexibility index (Phi) is 8.50. The third-order valence-electron chi connectivity index (χ3n) is 12.4. The predicted molar refractivity (Wildman–Crippen MR) is 264 cm³/mol. The first-order valence-electron chi connectivity index (χ1n) is 21.2. The zero-order valence-electron chi connectivity index (χ0n) is 33.9. The Bertz CT molecular complexity index is 3490. The third-order valence-corrected chi connectivity index (χ3v) is 12.4. The first kappa shape index (κ1) is 35.7. The normalized spacial score (nSPS) is 11.5. The summed E-state index contributed by atoms with van der Waals surface area (Å²) in [4.78, 5) is 10.5. The van der Waals surface area contributed by atoms with Gasteiger partial charge < -0.3 is 9.80 Å². The number of nitrogens with zero attached hydrogens (tertiary/aromatic N) is 3. The van der Waals surface area contributed by atoms with Crippen molar-refractivity contribution >= 4 is 98.9 Å². The van der Waals surface area contributed by atoms with Gasteiger partial charge in [0.25, 0.3) is 0 Å². The van der Waals surface area contributed by atoms with E-state index in [0.717, 1.165) is 67.1 Å². The predicted octanol–water partition coefficient (Wildman–Crippen LogP) is 16.6. The number of pyridine rings is 1. The van der Waals surface area contributed by atoms with Gasteiger partial charge in [-0.05, 0) is 75.5 Å². The zero-order valence-corrected chi connectivity index (χ0v) is 33.9. The van der Waals surface area contributed by atoms with Crippen molar-refractivity contribution in [1.29, 1.82) is 0 Å². The van der Waals surface area contributed by atoms with Gasteiger partial charge in [-0.1, -0.05) is 188 Å². The van der Waals surface area contributed by atoms with Gasteiger partial charge in [0.2, 0.25) is 0 Å². The molecule has 0 aliphatic carbocycles. The van der Waals surface area contributed by atoms with Crippen molar-refractivity contribution in [2.24, 2.45) is 0 Å². The summed E-state index contributed by atoms with van der Waals surface area (Å²) < 4.78 is 0. The molecule has 62 heavy (non-hydrogen) atoms. The van der Waals surface area contributed by atoms with Crippen LogP contribution >= 0.6 is 0 Å². The van der Waals surface area contributed by atoms with Gasteiger partial charge in [0.05, 0.1) is 34.0 Å². The molecule has 0 saturated heterocycles. The smallest absolute Gasteiger partial charge is 0.0788 e. The van der Waals surface area contributed by atoms with Gasteiger partial charge in [-0.25, -0.2) is 4.98 Å². The number of benzene rings is 11. The maximum Gasteiger partial charge on any atom is 0.0788 e. The van der Waals surface area contributed by atoms with E-state index in [9.17, 15) is 0 Å². The molecule has 0 aliphatic rings. The number of fused-ring (bicyclic) bond motifs is 7. The summed E-state index contributed by atoms with van der Waals surface area (Å²) in [6, 6.07) is 85.4. The van der Waals surface area contributed by atoms with Gasteiger partial charge in [-0.3, -0.25) is 0 Å². The van der Waals surface area contributed by atoms with Crippen LogP contribution in [-0.4, -0.2) is 4.98 Å². The second kappa shape index (κ2) is 14.8. The number of hydrogen-bond acceptors (Lipinski definition) is 3. The van der Waals surface area contributed by atoms with Crippen LogP contribution in [-0.2, 0) is 0 Å². The molecular formula is C59H39N3. The molecular weight excluding hydrogens is 751 g/mol. The van der Waals surface area contributed by atoms with Crippen LogP contribution in [0, 0.1) is 0 Å². The van der Waals surface area contributed by atoms with Gasteiger partial charge in [0.15, 0.2) is 0 Å². The fraction of sp³-hybridized carbons (Fsp3) is 0. The van der Waals surface area contributed by atoms with Gasteiger partial charge in [0, 0.05) is 49.3 Å². The minimum absolute atomic E-state index is 0.937. The topological polar surface area (TPSA) is 19.4 Å². The number of rotatable bonds is 7. The molecule has 0 bridgehead atoms. The maximum absolute atomic E-state index is 5.63. The molecule has 1 heterocycles. The molecule has 290 valence electrons. The zero-order chi connectivity index (χ0) is 41.0. The van der Waals surface area contributed by atoms with Crippen molar-refractivity contribution in [2.75, 3.05) is 9.80 Å². The van der Waals surface area contributed by atoms with Crippen molar-refractivity contribution in [2.45, 2.75) is 0 Å². The van der Waals surface area contributed by atoms with Crippen LogP contribution in [0.5, 0.6) is 0 Å². The summed E-state index contributed by atoms with van der Waals surface area (Å²) in [5.41, 5.74) is 9.56. The lowest BCUT2D eigenvalue weighted by Crippen LogP contribution is -2.11. The number of anilines is 6. The van der Waals surface area contributed by atoms with E-state index in [1.54, 1.807) is 0 Å². The SMILES string of the molecule is c1ccc(-c2nc3cc(N(c4cccc5ccccc45)c4cccc5ccccc45)ccc3c3ccc(N(c4cccc5ccccc45)c4cccc5ccccc45)cc23)cc1. The minimum Gasteiger partial charge on any atom is -0.309 e. The van der Waals surface area contributed by atoms with Gasteiger partial charge in [-0.15, -0.1) is 0 Å². The van der Waals surface area contributed by atoms with Crippen LogP contribution in [0.15, 0.2) is 237 Å². The average molecular weight is 790 g/mol. The highest BCUT2D eigenvalue weighted by Gasteiger charge is 2.22. The molecule has 0 saturated carbocycles. The average Bonchev–Trinajstić information content (AvgIpc) is 3.34. The first-order chi connectivity index (χ1) is 30.8. The lowest BCUT2D eigenvalue weighted by atomic mass is 9.97. The summed E-state index contributed by atoms with van der Waals surface area (Å²) in [6.07, 6.45) is 0. The quantitative estimate of drug-likeness (QED) is 0.150. The molecule has 12 rings (SSSR count). The standard InChI is InChI=1S/C59H39N3/c1-2-20-44(21-3-1)59-53-38-45(61(55-30-12-22-40-16-4-8-26-47(40)55)56-31-13-23-41-17-5-9-27-48(41)56)34-36-51(53)52-37-35-46(39-54(52)60-59)62(57-32-14-24-42-18-6-10-28-49(42)57)58-33-15-25-43-19-7-11-29-50(43)58/h1-39H. The number of aromatic nitrogens is 1. The summed E-state index contributed by atoms with van der Waals surface area (Å²) in [5.74, 6) is 0. The van der Waals surface area contributed by atoms with Crippen LogP contribution in [0.4, 0.5) is 34.1 Å². The fourth-order valence-electron chi connectivity index (χ4n) is 9.51. The third kappa shape index (κ3) is 5.94. The van der Waals surface area contributed by atoms with Crippen LogP contribution < -0.4 is 9.80 Å². The Hall–Kier alpha value is -8.27. The van der Waals surface area contributed by atoms with E-state index in [1.165, 1.54) is 43.1 Å². The molecule has 3 heteroatoms. The summed E-state index contributed by atoms with van der Waals surface area (Å²) in [6.45, 7) is 0. The van der Waals surface area contributed by atoms with E-state index < -0.39 is 0 Å². The van der Waals surface area contributed by atoms with Gasteiger partial charge in [-0.2, -0.15) is 0 Å². The molecule has 11 aromatic carbocycles. The van der Waals surface area contributed by atoms with Crippen LogP contribution in [0.2, 0.25) is 0 Å². The van der Waals surface area contributed by atoms with E-state index in [2.05, 4.69) is 246 Å². The Labute approximate surface area is 360 Å². The molecule has 0 amide bonds. The highest BCUT2D eigenvalue weighted by Crippen LogP contribution is 2.46. The highest BCUT2D eigenvalue weighted by molar-refractivity contribution is 6.15. The number of hydrogen-bond donors (Lipinski definition) is 0. The largest absolute Gasteiger partial charge is 0.309 e. The molecule has 0 N–H and O–H groups in total. The van der Waals surface area contributed by atoms with E-state index in [0.29, 0.717) is 0 Å². The first-order valence-corrected chi connectivity index (χ1v) is 21.2. The van der Waals surface area contributed by atoms with Crippen LogP contribution in [0.1, 0.15) is 0 Å². The molecule has 0 atom stereocenters. The Morgan fingerprint density at radius 1 is 0.258 bits per heavy atom. The molecule has 0 fully saturated rings.